The second-order valence-corrected chi connectivity index (χ2v) is 10.3. The fourth-order valence-corrected chi connectivity index (χ4v) is 5.57. The molecular formula is C26H37FN2O4S. The molecule has 1 aliphatic heterocycles. The first-order valence-electron chi connectivity index (χ1n) is 11.8. The van der Waals surface area contributed by atoms with Crippen LogP contribution in [0, 0.1) is 12.7 Å². The summed E-state index contributed by atoms with van der Waals surface area (Å²) < 4.78 is 43.6. The highest BCUT2D eigenvalue weighted by molar-refractivity contribution is 7.91. The summed E-state index contributed by atoms with van der Waals surface area (Å²) in [5, 5.41) is 0. The van der Waals surface area contributed by atoms with Gasteiger partial charge in [-0.05, 0) is 86.9 Å². The summed E-state index contributed by atoms with van der Waals surface area (Å²) in [5.74, 6) is -0.606. The van der Waals surface area contributed by atoms with Crippen molar-refractivity contribution >= 4 is 15.8 Å². The zero-order valence-electron chi connectivity index (χ0n) is 20.9. The van der Waals surface area contributed by atoms with E-state index in [1.807, 2.05) is 17.9 Å². The number of ether oxygens (including phenoxy) is 1. The van der Waals surface area contributed by atoms with Crippen molar-refractivity contribution in [2.75, 3.05) is 46.4 Å². The molecule has 0 aliphatic carbocycles. The van der Waals surface area contributed by atoms with Crippen molar-refractivity contribution in [1.82, 2.24) is 9.80 Å². The molecule has 1 heterocycles. The minimum absolute atomic E-state index is 0.0558. The van der Waals surface area contributed by atoms with Crippen molar-refractivity contribution in [2.24, 2.45) is 0 Å². The number of carbonyl (C=O) groups excluding carboxylic acids is 1. The van der Waals surface area contributed by atoms with Gasteiger partial charge in [0.15, 0.2) is 0 Å². The molecule has 0 spiro atoms. The molecule has 34 heavy (non-hydrogen) atoms. The first-order valence-corrected chi connectivity index (χ1v) is 13.3. The number of sulfone groups is 1. The van der Waals surface area contributed by atoms with Crippen LogP contribution in [0.3, 0.4) is 0 Å². The third kappa shape index (κ3) is 7.35. The standard InChI is InChI=1S/C20H22FNO4S.C6H15N/c1-14-10-18(27(24,25)17-5-3-4-16(21)11-17)6-7-19(14)15-8-9-22(12-15)13-20(23)26-2;1-4-7(5-2)6-3/h3-7,10-11,15H,8-9,12-13H2,1-2H3;4-6H2,1-3H3. The van der Waals surface area contributed by atoms with Crippen LogP contribution in [-0.2, 0) is 19.4 Å². The molecule has 0 amide bonds. The minimum Gasteiger partial charge on any atom is -0.468 e. The van der Waals surface area contributed by atoms with Gasteiger partial charge in [0.05, 0.1) is 23.4 Å². The first kappa shape index (κ1) is 28.0. The molecule has 1 atom stereocenters. The molecule has 8 heteroatoms. The highest BCUT2D eigenvalue weighted by Gasteiger charge is 2.27. The molecule has 0 bridgehead atoms. The summed E-state index contributed by atoms with van der Waals surface area (Å²) in [4.78, 5) is 15.9. The second kappa shape index (κ2) is 13.0. The quantitative estimate of drug-likeness (QED) is 0.513. The maximum Gasteiger partial charge on any atom is 0.319 e. The van der Waals surface area contributed by atoms with Gasteiger partial charge in [-0.15, -0.1) is 0 Å². The zero-order chi connectivity index (χ0) is 25.3. The zero-order valence-corrected chi connectivity index (χ0v) is 21.7. The highest BCUT2D eigenvalue weighted by Crippen LogP contribution is 2.32. The SMILES string of the molecule is CCN(CC)CC.COC(=O)CN1CCC(c2ccc(S(=O)(=O)c3cccc(F)c3)cc2C)C1. The van der Waals surface area contributed by atoms with E-state index < -0.39 is 15.7 Å². The van der Waals surface area contributed by atoms with Gasteiger partial charge in [0.25, 0.3) is 0 Å². The van der Waals surface area contributed by atoms with Crippen LogP contribution >= 0.6 is 0 Å². The average Bonchev–Trinajstić information content (AvgIpc) is 3.28. The molecule has 0 N–H and O–H groups in total. The average molecular weight is 493 g/mol. The maximum atomic E-state index is 13.4. The van der Waals surface area contributed by atoms with Crippen LogP contribution in [0.15, 0.2) is 52.3 Å². The van der Waals surface area contributed by atoms with Gasteiger partial charge in [0.2, 0.25) is 9.84 Å². The van der Waals surface area contributed by atoms with Crippen LogP contribution < -0.4 is 0 Å². The molecule has 0 radical (unpaired) electrons. The van der Waals surface area contributed by atoms with E-state index in [0.29, 0.717) is 0 Å². The number of hydrogen-bond acceptors (Lipinski definition) is 6. The normalized spacial score (nSPS) is 16.3. The van der Waals surface area contributed by atoms with Crippen LogP contribution in [-0.4, -0.2) is 70.6 Å². The van der Waals surface area contributed by atoms with Crippen LogP contribution in [0.25, 0.3) is 0 Å². The molecule has 1 fully saturated rings. The Balaban J connectivity index is 0.000000509. The van der Waals surface area contributed by atoms with Crippen molar-refractivity contribution < 1.29 is 22.3 Å². The topological polar surface area (TPSA) is 66.9 Å². The molecular weight excluding hydrogens is 455 g/mol. The Kier molecular flexibility index (Phi) is 10.7. The summed E-state index contributed by atoms with van der Waals surface area (Å²) >= 11 is 0. The lowest BCUT2D eigenvalue weighted by atomic mass is 9.94. The molecule has 3 rings (SSSR count). The summed E-state index contributed by atoms with van der Waals surface area (Å²) in [7, 11) is -2.39. The van der Waals surface area contributed by atoms with Crippen molar-refractivity contribution in [3.05, 3.63) is 59.4 Å². The summed E-state index contributed by atoms with van der Waals surface area (Å²) in [6, 6.07) is 10.1. The van der Waals surface area contributed by atoms with Crippen molar-refractivity contribution in [1.29, 1.82) is 0 Å². The Bertz CT molecular complexity index is 1050. The Hall–Kier alpha value is -2.29. The summed E-state index contributed by atoms with van der Waals surface area (Å²) in [6.07, 6.45) is 0.897. The smallest absolute Gasteiger partial charge is 0.319 e. The molecule has 2 aromatic carbocycles. The van der Waals surface area contributed by atoms with E-state index in [9.17, 15) is 17.6 Å². The Labute approximate surface area is 203 Å². The number of esters is 1. The third-order valence-corrected chi connectivity index (χ3v) is 8.04. The van der Waals surface area contributed by atoms with Crippen LogP contribution in [0.4, 0.5) is 4.39 Å². The Morgan fingerprint density at radius 2 is 1.74 bits per heavy atom. The highest BCUT2D eigenvalue weighted by atomic mass is 32.2. The van der Waals surface area contributed by atoms with Gasteiger partial charge in [0.1, 0.15) is 5.82 Å². The van der Waals surface area contributed by atoms with Gasteiger partial charge in [-0.3, -0.25) is 9.69 Å². The van der Waals surface area contributed by atoms with E-state index in [2.05, 4.69) is 25.7 Å². The molecule has 6 nitrogen and oxygen atoms in total. The lowest BCUT2D eigenvalue weighted by Crippen LogP contribution is -2.28. The van der Waals surface area contributed by atoms with Crippen LogP contribution in [0.1, 0.15) is 44.2 Å². The molecule has 1 unspecified atom stereocenters. The lowest BCUT2D eigenvalue weighted by molar-refractivity contribution is -0.141. The molecule has 2 aromatic rings. The maximum absolute atomic E-state index is 13.4. The fraction of sp³-hybridized carbons (Fsp3) is 0.500. The van der Waals surface area contributed by atoms with Crippen molar-refractivity contribution in [2.45, 2.75) is 49.8 Å². The molecule has 0 saturated carbocycles. The molecule has 1 aliphatic rings. The van der Waals surface area contributed by atoms with Crippen LogP contribution in [0.2, 0.25) is 0 Å². The van der Waals surface area contributed by atoms with E-state index in [1.54, 1.807) is 12.1 Å². The number of likely N-dealkylation sites (tertiary alicyclic amines) is 1. The number of nitrogens with zero attached hydrogens (tertiary/aromatic N) is 2. The summed E-state index contributed by atoms with van der Waals surface area (Å²) in [5.41, 5.74) is 1.94. The third-order valence-electron chi connectivity index (χ3n) is 6.29. The second-order valence-electron chi connectivity index (χ2n) is 8.40. The first-order chi connectivity index (χ1) is 16.2. The molecule has 1 saturated heterocycles. The van der Waals surface area contributed by atoms with Crippen molar-refractivity contribution in [3.63, 3.8) is 0 Å². The van der Waals surface area contributed by atoms with Gasteiger partial charge in [-0.25, -0.2) is 12.8 Å². The van der Waals surface area contributed by atoms with Crippen molar-refractivity contribution in [3.8, 4) is 0 Å². The van der Waals surface area contributed by atoms with Crippen LogP contribution in [0.5, 0.6) is 0 Å². The number of methoxy groups -OCH3 is 1. The van der Waals surface area contributed by atoms with E-state index in [4.69, 9.17) is 4.74 Å². The van der Waals surface area contributed by atoms with Gasteiger partial charge in [-0.1, -0.05) is 32.9 Å². The monoisotopic (exact) mass is 492 g/mol. The number of carbonyl (C=O) groups is 1. The number of benzene rings is 2. The van der Waals surface area contributed by atoms with Gasteiger partial charge >= 0.3 is 5.97 Å². The number of rotatable bonds is 8. The van der Waals surface area contributed by atoms with Gasteiger partial charge in [0, 0.05) is 6.54 Å². The van der Waals surface area contributed by atoms with E-state index in [1.165, 1.54) is 44.9 Å². The Morgan fingerprint density at radius 1 is 1.09 bits per heavy atom. The number of aryl methyl sites for hydroxylation is 1. The lowest BCUT2D eigenvalue weighted by Gasteiger charge is -2.17. The minimum atomic E-state index is -3.77. The van der Waals surface area contributed by atoms with Gasteiger partial charge in [-0.2, -0.15) is 0 Å². The van der Waals surface area contributed by atoms with E-state index >= 15 is 0 Å². The predicted molar refractivity (Wildman–Crippen MR) is 132 cm³/mol. The number of halogens is 1. The van der Waals surface area contributed by atoms with Gasteiger partial charge < -0.3 is 9.64 Å². The summed E-state index contributed by atoms with van der Waals surface area (Å²) in [6.45, 7) is 13.8. The number of hydrogen-bond donors (Lipinski definition) is 0. The molecule has 188 valence electrons. The fourth-order valence-electron chi connectivity index (χ4n) is 4.19. The van der Waals surface area contributed by atoms with E-state index in [-0.39, 0.29) is 28.2 Å². The largest absolute Gasteiger partial charge is 0.468 e. The molecule has 0 aromatic heterocycles. The Morgan fingerprint density at radius 3 is 2.26 bits per heavy atom. The van der Waals surface area contributed by atoms with E-state index in [0.717, 1.165) is 36.7 Å². The predicted octanol–water partition coefficient (Wildman–Crippen LogP) is 4.28.